The molecule has 3 heterocycles. The number of carbonyl (C=O) groups excluding carboxylic acids is 1. The van der Waals surface area contributed by atoms with Crippen molar-refractivity contribution in [2.24, 2.45) is 5.92 Å². The number of hydrogen-bond donors (Lipinski definition) is 2. The first-order chi connectivity index (χ1) is 13.9. The molecule has 0 spiro atoms. The average molecular weight is 493 g/mol. The van der Waals surface area contributed by atoms with Crippen LogP contribution >= 0.6 is 39.0 Å². The molecule has 0 saturated heterocycles. The highest BCUT2D eigenvalue weighted by Gasteiger charge is 2.27. The summed E-state index contributed by atoms with van der Waals surface area (Å²) in [5.74, 6) is 1.02. The number of nitrogens with zero attached hydrogens (tertiary/aromatic N) is 2. The quantitative estimate of drug-likeness (QED) is 0.390. The zero-order chi connectivity index (χ0) is 20.5. The van der Waals surface area contributed by atoms with E-state index in [-0.39, 0.29) is 17.8 Å². The van der Waals surface area contributed by atoms with E-state index in [2.05, 4.69) is 45.1 Å². The van der Waals surface area contributed by atoms with Crippen LogP contribution in [0.1, 0.15) is 24.3 Å². The van der Waals surface area contributed by atoms with Gasteiger partial charge in [-0.25, -0.2) is 9.97 Å². The number of rotatable bonds is 5. The number of amides is 1. The number of carbonyl (C=O) groups is 1. The number of nitrogens with one attached hydrogen (secondary N) is 1. The number of nitrogens with two attached hydrogens (primary N) is 1. The topological polar surface area (TPSA) is 90.1 Å². The fraction of sp³-hybridized carbons (Fsp3) is 0.350. The minimum absolute atomic E-state index is 0.113. The van der Waals surface area contributed by atoms with Crippen molar-refractivity contribution < 1.29 is 9.53 Å². The Balaban J connectivity index is 1.48. The molecular formula is C20H21BrN4O2S2. The molecule has 9 heteroatoms. The third-order valence-electron chi connectivity index (χ3n) is 4.78. The number of fused-ring (bicyclic) bond motifs is 3. The Hall–Kier alpha value is -1.68. The minimum atomic E-state index is -0.113. The predicted octanol–water partition coefficient (Wildman–Crippen LogP) is 4.86. The van der Waals surface area contributed by atoms with E-state index in [9.17, 15) is 4.79 Å². The molecule has 152 valence electrons. The number of halogens is 1. The van der Waals surface area contributed by atoms with Crippen LogP contribution in [0.15, 0.2) is 33.9 Å². The van der Waals surface area contributed by atoms with Crippen molar-refractivity contribution >= 4 is 66.7 Å². The number of aromatic nitrogens is 2. The molecule has 0 unspecified atom stereocenters. The number of nitrogen functional groups attached to an aromatic ring is 1. The van der Waals surface area contributed by atoms with Gasteiger partial charge in [0, 0.05) is 21.5 Å². The number of hydrogen-bond acceptors (Lipinski definition) is 7. The lowest BCUT2D eigenvalue weighted by Crippen LogP contribution is -2.26. The van der Waals surface area contributed by atoms with Crippen LogP contribution in [-0.4, -0.2) is 27.7 Å². The van der Waals surface area contributed by atoms with Gasteiger partial charge in [-0.2, -0.15) is 0 Å². The maximum atomic E-state index is 12.2. The van der Waals surface area contributed by atoms with Gasteiger partial charge in [-0.3, -0.25) is 4.79 Å². The van der Waals surface area contributed by atoms with Gasteiger partial charge < -0.3 is 15.8 Å². The van der Waals surface area contributed by atoms with E-state index in [0.717, 1.165) is 26.8 Å². The second-order valence-electron chi connectivity index (χ2n) is 7.22. The zero-order valence-electron chi connectivity index (χ0n) is 16.1. The summed E-state index contributed by atoms with van der Waals surface area (Å²) >= 11 is 6.27. The first kappa shape index (κ1) is 20.6. The SMILES string of the molecule is CC(C)[C@@H]1Cc2c(sc3nc(SCC(=O)Nc4ccc(Br)cc4)nc(N)c23)CO1. The van der Waals surface area contributed by atoms with Crippen LogP contribution in [0.3, 0.4) is 0 Å². The first-order valence-corrected chi connectivity index (χ1v) is 11.9. The van der Waals surface area contributed by atoms with Gasteiger partial charge in [0.15, 0.2) is 5.16 Å². The number of thioether (sulfide) groups is 1. The van der Waals surface area contributed by atoms with Gasteiger partial charge in [0.05, 0.1) is 23.8 Å². The van der Waals surface area contributed by atoms with Gasteiger partial charge in [-0.1, -0.05) is 41.5 Å². The molecule has 4 rings (SSSR count). The van der Waals surface area contributed by atoms with Crippen molar-refractivity contribution in [1.82, 2.24) is 9.97 Å². The van der Waals surface area contributed by atoms with Gasteiger partial charge >= 0.3 is 0 Å². The maximum Gasteiger partial charge on any atom is 0.234 e. The molecule has 1 amide bonds. The lowest BCUT2D eigenvalue weighted by atomic mass is 9.96. The van der Waals surface area contributed by atoms with E-state index in [4.69, 9.17) is 10.5 Å². The Morgan fingerprint density at radius 1 is 1.38 bits per heavy atom. The zero-order valence-corrected chi connectivity index (χ0v) is 19.3. The molecule has 0 radical (unpaired) electrons. The van der Waals surface area contributed by atoms with Crippen LogP contribution < -0.4 is 11.1 Å². The van der Waals surface area contributed by atoms with E-state index < -0.39 is 0 Å². The summed E-state index contributed by atoms with van der Waals surface area (Å²) in [6, 6.07) is 7.45. The van der Waals surface area contributed by atoms with Crippen molar-refractivity contribution in [1.29, 1.82) is 0 Å². The summed E-state index contributed by atoms with van der Waals surface area (Å²) in [7, 11) is 0. The van der Waals surface area contributed by atoms with Crippen LogP contribution in [0.5, 0.6) is 0 Å². The number of ether oxygens (including phenoxy) is 1. The Morgan fingerprint density at radius 2 is 2.14 bits per heavy atom. The molecule has 1 aliphatic rings. The van der Waals surface area contributed by atoms with Crippen molar-refractivity contribution in [3.8, 4) is 0 Å². The van der Waals surface area contributed by atoms with Crippen molar-refractivity contribution in [2.75, 3.05) is 16.8 Å². The van der Waals surface area contributed by atoms with E-state index in [0.29, 0.717) is 23.5 Å². The highest BCUT2D eigenvalue weighted by Crippen LogP contribution is 2.39. The molecule has 3 aromatic rings. The van der Waals surface area contributed by atoms with Gasteiger partial charge in [-0.05, 0) is 35.7 Å². The Labute approximate surface area is 185 Å². The molecule has 3 N–H and O–H groups in total. The highest BCUT2D eigenvalue weighted by atomic mass is 79.9. The highest BCUT2D eigenvalue weighted by molar-refractivity contribution is 9.10. The third kappa shape index (κ3) is 4.58. The lowest BCUT2D eigenvalue weighted by molar-refractivity contribution is -0.113. The standard InChI is InChI=1S/C20H21BrN4O2S2/c1-10(2)14-7-13-15(8-27-14)29-19-17(13)18(22)24-20(25-19)28-9-16(26)23-12-5-3-11(21)4-6-12/h3-6,10,14H,7-9H2,1-2H3,(H,23,26)(H2,22,24,25)/t14-/m0/s1. The summed E-state index contributed by atoms with van der Waals surface area (Å²) in [6.45, 7) is 4.92. The predicted molar refractivity (Wildman–Crippen MR) is 122 cm³/mol. The second-order valence-corrected chi connectivity index (χ2v) is 10.2. The van der Waals surface area contributed by atoms with Crippen molar-refractivity contribution in [2.45, 2.75) is 38.1 Å². The normalized spacial score (nSPS) is 16.2. The van der Waals surface area contributed by atoms with E-state index in [1.54, 1.807) is 11.3 Å². The lowest BCUT2D eigenvalue weighted by Gasteiger charge is -2.26. The summed E-state index contributed by atoms with van der Waals surface area (Å²) in [5.41, 5.74) is 8.26. The van der Waals surface area contributed by atoms with Gasteiger partial charge in [-0.15, -0.1) is 11.3 Å². The maximum absolute atomic E-state index is 12.2. The number of anilines is 2. The van der Waals surface area contributed by atoms with Crippen LogP contribution in [0.2, 0.25) is 0 Å². The number of thiophene rings is 1. The van der Waals surface area contributed by atoms with Crippen LogP contribution in [0.25, 0.3) is 10.2 Å². The van der Waals surface area contributed by atoms with E-state index in [1.807, 2.05) is 24.3 Å². The fourth-order valence-electron chi connectivity index (χ4n) is 3.24. The molecule has 0 aliphatic carbocycles. The Morgan fingerprint density at radius 3 is 2.86 bits per heavy atom. The molecule has 0 bridgehead atoms. The Kier molecular flexibility index (Phi) is 6.10. The van der Waals surface area contributed by atoms with Gasteiger partial charge in [0.25, 0.3) is 0 Å². The van der Waals surface area contributed by atoms with Crippen LogP contribution in [0.4, 0.5) is 11.5 Å². The molecule has 1 aliphatic heterocycles. The molecule has 2 aromatic heterocycles. The van der Waals surface area contributed by atoms with Crippen molar-refractivity contribution in [3.63, 3.8) is 0 Å². The van der Waals surface area contributed by atoms with E-state index >= 15 is 0 Å². The summed E-state index contributed by atoms with van der Waals surface area (Å²) in [6.07, 6.45) is 1.03. The van der Waals surface area contributed by atoms with Crippen LogP contribution in [-0.2, 0) is 22.6 Å². The molecule has 0 saturated carbocycles. The molecule has 29 heavy (non-hydrogen) atoms. The smallest absolute Gasteiger partial charge is 0.234 e. The van der Waals surface area contributed by atoms with Gasteiger partial charge in [0.2, 0.25) is 5.91 Å². The molecule has 1 aromatic carbocycles. The minimum Gasteiger partial charge on any atom is -0.383 e. The summed E-state index contributed by atoms with van der Waals surface area (Å²) in [5, 5.41) is 4.33. The average Bonchev–Trinajstić information content (AvgIpc) is 3.06. The van der Waals surface area contributed by atoms with Crippen molar-refractivity contribution in [3.05, 3.63) is 39.2 Å². The molecular weight excluding hydrogens is 472 g/mol. The van der Waals surface area contributed by atoms with E-state index in [1.165, 1.54) is 22.2 Å². The van der Waals surface area contributed by atoms with Gasteiger partial charge in [0.1, 0.15) is 10.6 Å². The largest absolute Gasteiger partial charge is 0.383 e. The summed E-state index contributed by atoms with van der Waals surface area (Å²) in [4.78, 5) is 23.4. The molecule has 1 atom stereocenters. The first-order valence-electron chi connectivity index (χ1n) is 9.28. The summed E-state index contributed by atoms with van der Waals surface area (Å²) < 4.78 is 6.93. The Bertz CT molecular complexity index is 1050. The molecule has 6 nitrogen and oxygen atoms in total. The monoisotopic (exact) mass is 492 g/mol. The fourth-order valence-corrected chi connectivity index (χ4v) is 5.34. The van der Waals surface area contributed by atoms with Crippen LogP contribution in [0, 0.1) is 5.92 Å². The molecule has 0 fully saturated rings. The second kappa shape index (κ2) is 8.59. The number of benzene rings is 1. The third-order valence-corrected chi connectivity index (χ3v) is 7.25.